The highest BCUT2D eigenvalue weighted by Crippen LogP contribution is 2.31. The summed E-state index contributed by atoms with van der Waals surface area (Å²) in [6, 6.07) is 2.47. The van der Waals surface area contributed by atoms with Crippen LogP contribution >= 0.6 is 0 Å². The number of phenolic OH excluding ortho intramolecular Hbond substituents is 1. The smallest absolute Gasteiger partial charge is 0.197 e. The molecule has 1 aromatic rings. The Bertz CT molecular complexity index is 361. The zero-order valence-electron chi connectivity index (χ0n) is 8.00. The van der Waals surface area contributed by atoms with Gasteiger partial charge in [0.2, 0.25) is 0 Å². The van der Waals surface area contributed by atoms with Crippen LogP contribution in [0.1, 0.15) is 24.2 Å². The van der Waals surface area contributed by atoms with Crippen LogP contribution < -0.4 is 4.74 Å². The van der Waals surface area contributed by atoms with Gasteiger partial charge < -0.3 is 9.84 Å². The van der Waals surface area contributed by atoms with Crippen LogP contribution in [0.3, 0.4) is 0 Å². The fourth-order valence-corrected chi connectivity index (χ4v) is 1.10. The predicted octanol–water partition coefficient (Wildman–Crippen LogP) is 2.13. The highest BCUT2D eigenvalue weighted by atomic mass is 19.1. The standard InChI is InChI=1S/C10H11FO3/c1-3-14-10-8(13)5-4-7(6(2)12)9(10)11/h4-5,13H,3H2,1-2H3. The first-order valence-electron chi connectivity index (χ1n) is 4.23. The van der Waals surface area contributed by atoms with Gasteiger partial charge in [0.15, 0.2) is 23.1 Å². The first-order valence-corrected chi connectivity index (χ1v) is 4.23. The van der Waals surface area contributed by atoms with E-state index in [1.807, 2.05) is 0 Å². The topological polar surface area (TPSA) is 46.5 Å². The minimum atomic E-state index is -0.806. The molecule has 1 N–H and O–H groups in total. The Balaban J connectivity index is 3.26. The monoisotopic (exact) mass is 198 g/mol. The lowest BCUT2D eigenvalue weighted by atomic mass is 10.1. The van der Waals surface area contributed by atoms with Gasteiger partial charge in [-0.05, 0) is 26.0 Å². The number of benzene rings is 1. The molecule has 0 saturated carbocycles. The number of aromatic hydroxyl groups is 1. The largest absolute Gasteiger partial charge is 0.504 e. The summed E-state index contributed by atoms with van der Waals surface area (Å²) in [6.07, 6.45) is 0. The van der Waals surface area contributed by atoms with Gasteiger partial charge in [0, 0.05) is 0 Å². The van der Waals surface area contributed by atoms with Crippen LogP contribution in [0.4, 0.5) is 4.39 Å². The minimum Gasteiger partial charge on any atom is -0.504 e. The Morgan fingerprint density at radius 2 is 2.21 bits per heavy atom. The Kier molecular flexibility index (Phi) is 3.06. The van der Waals surface area contributed by atoms with Crippen molar-refractivity contribution < 1.29 is 19.0 Å². The maximum atomic E-state index is 13.5. The molecule has 0 unspecified atom stereocenters. The number of carbonyl (C=O) groups is 1. The molecule has 0 aliphatic carbocycles. The molecule has 1 rings (SSSR count). The second-order valence-corrected chi connectivity index (χ2v) is 2.76. The molecule has 0 spiro atoms. The van der Waals surface area contributed by atoms with E-state index in [2.05, 4.69) is 0 Å². The molecule has 3 nitrogen and oxygen atoms in total. The summed E-state index contributed by atoms with van der Waals surface area (Å²) in [5.74, 6) is -1.77. The number of carbonyl (C=O) groups excluding carboxylic acids is 1. The summed E-state index contributed by atoms with van der Waals surface area (Å²) in [4.78, 5) is 11.0. The molecule has 0 saturated heterocycles. The van der Waals surface area contributed by atoms with Crippen molar-refractivity contribution in [1.29, 1.82) is 0 Å². The molecule has 4 heteroatoms. The van der Waals surface area contributed by atoms with Crippen LogP contribution in [0.15, 0.2) is 12.1 Å². The Hall–Kier alpha value is -1.58. The lowest BCUT2D eigenvalue weighted by molar-refractivity contribution is 0.101. The van der Waals surface area contributed by atoms with Crippen molar-refractivity contribution in [1.82, 2.24) is 0 Å². The summed E-state index contributed by atoms with van der Waals surface area (Å²) < 4.78 is 18.3. The molecule has 0 aliphatic rings. The summed E-state index contributed by atoms with van der Waals surface area (Å²) in [5, 5.41) is 9.25. The van der Waals surface area contributed by atoms with Crippen molar-refractivity contribution >= 4 is 5.78 Å². The summed E-state index contributed by atoms with van der Waals surface area (Å²) in [7, 11) is 0. The zero-order chi connectivity index (χ0) is 10.7. The first-order chi connectivity index (χ1) is 6.57. The highest BCUT2D eigenvalue weighted by molar-refractivity contribution is 5.95. The van der Waals surface area contributed by atoms with Crippen molar-refractivity contribution in [2.75, 3.05) is 6.61 Å². The number of Topliss-reactive ketones (excluding diaryl/α,β-unsaturated/α-hetero) is 1. The van der Waals surface area contributed by atoms with Crippen LogP contribution in [0.2, 0.25) is 0 Å². The predicted molar refractivity (Wildman–Crippen MR) is 49.2 cm³/mol. The summed E-state index contributed by atoms with van der Waals surface area (Å²) >= 11 is 0. The fourth-order valence-electron chi connectivity index (χ4n) is 1.10. The Morgan fingerprint density at radius 1 is 1.57 bits per heavy atom. The lowest BCUT2D eigenvalue weighted by Gasteiger charge is -2.08. The molecule has 0 aliphatic heterocycles. The third kappa shape index (κ3) is 1.84. The first kappa shape index (κ1) is 10.5. The molecule has 0 fully saturated rings. The average Bonchev–Trinajstić information content (AvgIpc) is 2.11. The molecular formula is C10H11FO3. The Morgan fingerprint density at radius 3 is 2.71 bits per heavy atom. The van der Waals surface area contributed by atoms with E-state index >= 15 is 0 Å². The molecule has 14 heavy (non-hydrogen) atoms. The molecular weight excluding hydrogens is 187 g/mol. The van der Waals surface area contributed by atoms with Gasteiger partial charge in [0.1, 0.15) is 0 Å². The molecule has 0 aromatic heterocycles. The lowest BCUT2D eigenvalue weighted by Crippen LogP contribution is -2.02. The van der Waals surface area contributed by atoms with Crippen molar-refractivity contribution in [2.24, 2.45) is 0 Å². The summed E-state index contributed by atoms with van der Waals surface area (Å²) in [6.45, 7) is 3.15. The second kappa shape index (κ2) is 4.09. The van der Waals surface area contributed by atoms with E-state index in [4.69, 9.17) is 4.74 Å². The molecule has 0 heterocycles. The van der Waals surface area contributed by atoms with Crippen molar-refractivity contribution in [3.05, 3.63) is 23.5 Å². The third-order valence-corrected chi connectivity index (χ3v) is 1.74. The van der Waals surface area contributed by atoms with E-state index in [1.54, 1.807) is 6.92 Å². The van der Waals surface area contributed by atoms with Gasteiger partial charge in [0.25, 0.3) is 0 Å². The van der Waals surface area contributed by atoms with E-state index in [0.29, 0.717) is 0 Å². The summed E-state index contributed by atoms with van der Waals surface area (Å²) in [5.41, 5.74) is -0.0775. The normalized spacial score (nSPS) is 9.93. The van der Waals surface area contributed by atoms with Gasteiger partial charge in [0.05, 0.1) is 12.2 Å². The maximum absolute atomic E-state index is 13.5. The second-order valence-electron chi connectivity index (χ2n) is 2.76. The molecule has 0 bridgehead atoms. The van der Waals surface area contributed by atoms with Crippen molar-refractivity contribution in [2.45, 2.75) is 13.8 Å². The van der Waals surface area contributed by atoms with E-state index in [9.17, 15) is 14.3 Å². The number of phenols is 1. The number of rotatable bonds is 3. The van der Waals surface area contributed by atoms with Gasteiger partial charge in [-0.1, -0.05) is 0 Å². The van der Waals surface area contributed by atoms with E-state index in [-0.39, 0.29) is 23.7 Å². The SMILES string of the molecule is CCOc1c(O)ccc(C(C)=O)c1F. The van der Waals surface area contributed by atoms with Crippen molar-refractivity contribution in [3.63, 3.8) is 0 Å². The van der Waals surface area contributed by atoms with Gasteiger partial charge in [-0.2, -0.15) is 0 Å². The van der Waals surface area contributed by atoms with Crippen LogP contribution in [0.25, 0.3) is 0 Å². The van der Waals surface area contributed by atoms with Crippen LogP contribution in [0.5, 0.6) is 11.5 Å². The average molecular weight is 198 g/mol. The fraction of sp³-hybridized carbons (Fsp3) is 0.300. The van der Waals surface area contributed by atoms with Gasteiger partial charge in [-0.3, -0.25) is 4.79 Å². The van der Waals surface area contributed by atoms with Gasteiger partial charge in [-0.25, -0.2) is 4.39 Å². The maximum Gasteiger partial charge on any atom is 0.197 e. The van der Waals surface area contributed by atoms with E-state index in [1.165, 1.54) is 19.1 Å². The van der Waals surface area contributed by atoms with Crippen LogP contribution in [0, 0.1) is 5.82 Å². The van der Waals surface area contributed by atoms with E-state index in [0.717, 1.165) is 0 Å². The number of ketones is 1. The minimum absolute atomic E-state index is 0.0775. The Labute approximate surface area is 81.1 Å². The van der Waals surface area contributed by atoms with Crippen LogP contribution in [-0.2, 0) is 0 Å². The highest BCUT2D eigenvalue weighted by Gasteiger charge is 2.16. The third-order valence-electron chi connectivity index (χ3n) is 1.74. The number of hydrogen-bond acceptors (Lipinski definition) is 3. The number of halogens is 1. The van der Waals surface area contributed by atoms with Crippen molar-refractivity contribution in [3.8, 4) is 11.5 Å². The molecule has 0 radical (unpaired) electrons. The number of hydrogen-bond donors (Lipinski definition) is 1. The van der Waals surface area contributed by atoms with E-state index < -0.39 is 11.6 Å². The number of ether oxygens (including phenoxy) is 1. The quantitative estimate of drug-likeness (QED) is 0.757. The van der Waals surface area contributed by atoms with Gasteiger partial charge in [-0.15, -0.1) is 0 Å². The van der Waals surface area contributed by atoms with Crippen LogP contribution in [-0.4, -0.2) is 17.5 Å². The molecule has 0 atom stereocenters. The molecule has 0 amide bonds. The van der Waals surface area contributed by atoms with Gasteiger partial charge >= 0.3 is 0 Å². The molecule has 1 aromatic carbocycles. The molecule has 76 valence electrons. The zero-order valence-corrected chi connectivity index (χ0v) is 8.00.